The number of aryl methyl sites for hydroxylation is 1. The lowest BCUT2D eigenvalue weighted by Crippen LogP contribution is -2.06. The average molecular weight is 367 g/mol. The van der Waals surface area contributed by atoms with Crippen LogP contribution in [0.1, 0.15) is 22.8 Å². The van der Waals surface area contributed by atoms with Crippen LogP contribution in [0, 0.1) is 0 Å². The average Bonchev–Trinajstić information content (AvgIpc) is 3.09. The molecular weight excluding hydrogens is 352 g/mol. The fourth-order valence-corrected chi connectivity index (χ4v) is 3.08. The van der Waals surface area contributed by atoms with Crippen molar-refractivity contribution >= 4 is 39.5 Å². The van der Waals surface area contributed by atoms with Crippen molar-refractivity contribution in [2.45, 2.75) is 20.1 Å². The normalized spacial score (nSPS) is 11.2. The number of carbonyl (C=O) groups excluding carboxylic acids is 1. The summed E-state index contributed by atoms with van der Waals surface area (Å²) in [5.74, 6) is -0.443. The van der Waals surface area contributed by atoms with Gasteiger partial charge >= 0.3 is 5.97 Å². The maximum Gasteiger partial charge on any atom is 0.338 e. The largest absolute Gasteiger partial charge is 0.457 e. The Bertz CT molecular complexity index is 1120. The number of ether oxygens (including phenoxy) is 1. The molecule has 0 aliphatic carbocycles. The number of hydrogen-bond acceptors (Lipinski definition) is 5. The minimum Gasteiger partial charge on any atom is -0.457 e. The molecule has 0 unspecified atom stereocenters. The second-order valence-electron chi connectivity index (χ2n) is 5.79. The van der Waals surface area contributed by atoms with Crippen molar-refractivity contribution in [2.24, 2.45) is 0 Å². The summed E-state index contributed by atoms with van der Waals surface area (Å²) >= 11 is 6.28. The first-order valence-corrected chi connectivity index (χ1v) is 8.57. The zero-order valence-electron chi connectivity index (χ0n) is 14.0. The third-order valence-electron chi connectivity index (χ3n) is 4.22. The van der Waals surface area contributed by atoms with Crippen molar-refractivity contribution in [2.75, 3.05) is 0 Å². The smallest absolute Gasteiger partial charge is 0.338 e. The van der Waals surface area contributed by atoms with Crippen molar-refractivity contribution < 1.29 is 9.53 Å². The Morgan fingerprint density at radius 2 is 2.12 bits per heavy atom. The second-order valence-corrected chi connectivity index (χ2v) is 6.19. The molecule has 0 atom stereocenters. The first-order valence-electron chi connectivity index (χ1n) is 8.20. The Kier molecular flexibility index (Phi) is 4.26. The van der Waals surface area contributed by atoms with E-state index in [2.05, 4.69) is 15.3 Å². The van der Waals surface area contributed by atoms with Gasteiger partial charge in [-0.15, -0.1) is 5.10 Å². The summed E-state index contributed by atoms with van der Waals surface area (Å²) in [4.78, 5) is 16.8. The highest BCUT2D eigenvalue weighted by Crippen LogP contribution is 2.25. The Morgan fingerprint density at radius 3 is 2.96 bits per heavy atom. The van der Waals surface area contributed by atoms with Crippen LogP contribution >= 0.6 is 11.6 Å². The first-order chi connectivity index (χ1) is 12.7. The van der Waals surface area contributed by atoms with Crippen molar-refractivity contribution in [3.8, 4) is 0 Å². The molecule has 0 saturated heterocycles. The van der Waals surface area contributed by atoms with Crippen LogP contribution in [0.25, 0.3) is 21.9 Å². The van der Waals surface area contributed by atoms with Gasteiger partial charge in [-0.25, -0.2) is 9.48 Å². The van der Waals surface area contributed by atoms with E-state index in [0.29, 0.717) is 28.2 Å². The van der Waals surface area contributed by atoms with Crippen LogP contribution < -0.4 is 0 Å². The van der Waals surface area contributed by atoms with E-state index in [9.17, 15) is 4.79 Å². The quantitative estimate of drug-likeness (QED) is 0.510. The molecule has 0 amide bonds. The lowest BCUT2D eigenvalue weighted by molar-refractivity contribution is 0.0474. The van der Waals surface area contributed by atoms with Crippen LogP contribution in [0.5, 0.6) is 0 Å². The van der Waals surface area contributed by atoms with Crippen LogP contribution in [-0.2, 0) is 17.9 Å². The lowest BCUT2D eigenvalue weighted by atomic mass is 10.1. The fourth-order valence-electron chi connectivity index (χ4n) is 2.87. The standard InChI is InChI=1S/C19H15ClN4O2/c1-2-24-17-8-6-13(10-16(17)22-23-24)19(25)26-11-14-15(20)7-5-12-4-3-9-21-18(12)14/h3-10H,2,11H2,1H3. The molecule has 0 aliphatic heterocycles. The summed E-state index contributed by atoms with van der Waals surface area (Å²) in [6, 6.07) is 12.7. The fraction of sp³-hybridized carbons (Fsp3) is 0.158. The van der Waals surface area contributed by atoms with Gasteiger partial charge in [-0.05, 0) is 37.3 Å². The van der Waals surface area contributed by atoms with E-state index in [0.717, 1.165) is 16.4 Å². The van der Waals surface area contributed by atoms with Crippen molar-refractivity contribution in [3.05, 3.63) is 64.8 Å². The van der Waals surface area contributed by atoms with E-state index < -0.39 is 5.97 Å². The van der Waals surface area contributed by atoms with Gasteiger partial charge in [0, 0.05) is 28.7 Å². The molecule has 2 heterocycles. The zero-order chi connectivity index (χ0) is 18.1. The second kappa shape index (κ2) is 6.72. The number of pyridine rings is 1. The van der Waals surface area contributed by atoms with E-state index in [1.807, 2.05) is 31.2 Å². The van der Waals surface area contributed by atoms with Crippen LogP contribution in [0.15, 0.2) is 48.7 Å². The van der Waals surface area contributed by atoms with Crippen molar-refractivity contribution in [3.63, 3.8) is 0 Å². The van der Waals surface area contributed by atoms with Gasteiger partial charge in [0.1, 0.15) is 12.1 Å². The number of esters is 1. The van der Waals surface area contributed by atoms with Gasteiger partial charge in [-0.1, -0.05) is 28.9 Å². The highest BCUT2D eigenvalue weighted by molar-refractivity contribution is 6.32. The Hall–Kier alpha value is -2.99. The summed E-state index contributed by atoms with van der Waals surface area (Å²) in [5.41, 5.74) is 3.38. The SMILES string of the molecule is CCn1nnc2cc(C(=O)OCc3c(Cl)ccc4cccnc34)ccc21. The van der Waals surface area contributed by atoms with Gasteiger partial charge in [0.15, 0.2) is 0 Å². The predicted molar refractivity (Wildman–Crippen MR) is 99.1 cm³/mol. The van der Waals surface area contributed by atoms with E-state index in [4.69, 9.17) is 16.3 Å². The van der Waals surface area contributed by atoms with Crippen LogP contribution in [0.2, 0.25) is 5.02 Å². The molecule has 26 heavy (non-hydrogen) atoms. The van der Waals surface area contributed by atoms with Crippen LogP contribution in [0.3, 0.4) is 0 Å². The first kappa shape index (κ1) is 16.5. The summed E-state index contributed by atoms with van der Waals surface area (Å²) < 4.78 is 7.24. The molecule has 4 rings (SSSR count). The van der Waals surface area contributed by atoms with Crippen molar-refractivity contribution in [1.82, 2.24) is 20.0 Å². The third kappa shape index (κ3) is 2.88. The number of benzene rings is 2. The Labute approximate surface area is 154 Å². The number of rotatable bonds is 4. The van der Waals surface area contributed by atoms with E-state index >= 15 is 0 Å². The molecule has 0 fully saturated rings. The third-order valence-corrected chi connectivity index (χ3v) is 4.57. The van der Waals surface area contributed by atoms with E-state index in [1.165, 1.54) is 0 Å². The number of carbonyl (C=O) groups is 1. The number of halogens is 1. The molecular formula is C19H15ClN4O2. The van der Waals surface area contributed by atoms with Crippen LogP contribution in [-0.4, -0.2) is 25.9 Å². The molecule has 0 spiro atoms. The molecule has 6 nitrogen and oxygen atoms in total. The number of nitrogens with zero attached hydrogens (tertiary/aromatic N) is 4. The molecule has 0 N–H and O–H groups in total. The van der Waals surface area contributed by atoms with Gasteiger partial charge in [0.25, 0.3) is 0 Å². The van der Waals surface area contributed by atoms with Gasteiger partial charge in [-0.2, -0.15) is 0 Å². The minimum absolute atomic E-state index is 0.0473. The summed E-state index contributed by atoms with van der Waals surface area (Å²) in [5, 5.41) is 9.59. The lowest BCUT2D eigenvalue weighted by Gasteiger charge is -2.09. The van der Waals surface area contributed by atoms with Crippen molar-refractivity contribution in [1.29, 1.82) is 0 Å². The topological polar surface area (TPSA) is 69.9 Å². The number of aromatic nitrogens is 4. The highest BCUT2D eigenvalue weighted by Gasteiger charge is 2.14. The number of hydrogen-bond donors (Lipinski definition) is 0. The van der Waals surface area contributed by atoms with Gasteiger partial charge in [-0.3, -0.25) is 4.98 Å². The molecule has 0 bridgehead atoms. The monoisotopic (exact) mass is 366 g/mol. The minimum atomic E-state index is -0.443. The number of fused-ring (bicyclic) bond motifs is 2. The zero-order valence-corrected chi connectivity index (χ0v) is 14.8. The maximum absolute atomic E-state index is 12.4. The van der Waals surface area contributed by atoms with Gasteiger partial charge in [0.05, 0.1) is 16.6 Å². The molecule has 2 aromatic carbocycles. The van der Waals surface area contributed by atoms with Gasteiger partial charge < -0.3 is 4.74 Å². The molecule has 2 aromatic heterocycles. The molecule has 0 radical (unpaired) electrons. The summed E-state index contributed by atoms with van der Waals surface area (Å²) in [6.45, 7) is 2.75. The highest BCUT2D eigenvalue weighted by atomic mass is 35.5. The van der Waals surface area contributed by atoms with E-state index in [-0.39, 0.29) is 6.61 Å². The maximum atomic E-state index is 12.4. The van der Waals surface area contributed by atoms with Gasteiger partial charge in [0.2, 0.25) is 0 Å². The predicted octanol–water partition coefficient (Wildman–Crippen LogP) is 4.01. The summed E-state index contributed by atoms with van der Waals surface area (Å²) in [7, 11) is 0. The Balaban J connectivity index is 1.59. The van der Waals surface area contributed by atoms with Crippen LogP contribution in [0.4, 0.5) is 0 Å². The Morgan fingerprint density at radius 1 is 1.23 bits per heavy atom. The molecule has 4 aromatic rings. The molecule has 0 saturated carbocycles. The molecule has 130 valence electrons. The molecule has 7 heteroatoms. The van der Waals surface area contributed by atoms with E-state index in [1.54, 1.807) is 29.1 Å². The molecule has 0 aliphatic rings. The summed E-state index contributed by atoms with van der Waals surface area (Å²) in [6.07, 6.45) is 1.69.